The van der Waals surface area contributed by atoms with Gasteiger partial charge < -0.3 is 5.11 Å². The van der Waals surface area contributed by atoms with Crippen molar-refractivity contribution < 1.29 is 9.90 Å². The van der Waals surface area contributed by atoms with Gasteiger partial charge >= 0.3 is 5.97 Å². The number of hydrogen-bond donors (Lipinski definition) is 1. The van der Waals surface area contributed by atoms with Gasteiger partial charge in [0.25, 0.3) is 0 Å². The molecule has 0 aromatic rings. The summed E-state index contributed by atoms with van der Waals surface area (Å²) in [6.45, 7) is 19.4. The first-order valence-corrected chi connectivity index (χ1v) is 4.03. The summed E-state index contributed by atoms with van der Waals surface area (Å²) in [6.07, 6.45) is 2.56. The minimum Gasteiger partial charge on any atom is -0.478 e. The zero-order chi connectivity index (χ0) is 12.1. The zero-order valence-electron chi connectivity index (χ0n) is 9.34. The molecule has 0 radical (unpaired) electrons. The van der Waals surface area contributed by atoms with Gasteiger partial charge in [-0.2, -0.15) is 0 Å². The Morgan fingerprint density at radius 2 is 1.21 bits per heavy atom. The Morgan fingerprint density at radius 1 is 1.07 bits per heavy atom. The normalized spacial score (nSPS) is 6.50. The molecule has 1 N–H and O–H groups in total. The molecular weight excluding hydrogens is 176 g/mol. The molecule has 0 saturated carbocycles. The number of carboxylic acid groups (broad SMARTS) is 1. The Kier molecular flexibility index (Phi) is 18.2. The maximum Gasteiger partial charge on any atom is 0.327 e. The fourth-order valence-corrected chi connectivity index (χ4v) is 0. The van der Waals surface area contributed by atoms with Gasteiger partial charge in [0, 0.05) is 6.08 Å². The predicted octanol–water partition coefficient (Wildman–Crippen LogP) is 3.59. The average Bonchev–Trinajstić information content (AvgIpc) is 2.04. The maximum atomic E-state index is 9.25. The standard InChI is InChI=1S/C5H8.C4H8.C3H4O2/c1-4-5(2)3;1-4(2)3;1-2-3(4)5/h4H,1-2H2,3H3;1H2,2-3H3;2H,1H2,(H,4,5). The third-order valence-electron chi connectivity index (χ3n) is 0.523. The van der Waals surface area contributed by atoms with Crippen LogP contribution in [0.2, 0.25) is 0 Å². The van der Waals surface area contributed by atoms with Gasteiger partial charge in [-0.25, -0.2) is 4.79 Å². The van der Waals surface area contributed by atoms with Crippen molar-refractivity contribution in [1.82, 2.24) is 0 Å². The second-order valence-electron chi connectivity index (χ2n) is 2.80. The van der Waals surface area contributed by atoms with E-state index in [9.17, 15) is 4.79 Å². The summed E-state index contributed by atoms with van der Waals surface area (Å²) < 4.78 is 0. The smallest absolute Gasteiger partial charge is 0.327 e. The van der Waals surface area contributed by atoms with Crippen molar-refractivity contribution in [3.63, 3.8) is 0 Å². The van der Waals surface area contributed by atoms with Crippen molar-refractivity contribution in [2.75, 3.05) is 0 Å². The molecule has 2 heteroatoms. The van der Waals surface area contributed by atoms with E-state index >= 15 is 0 Å². The molecule has 0 fully saturated rings. The summed E-state index contributed by atoms with van der Waals surface area (Å²) in [5, 5.41) is 7.60. The number of hydrogen-bond acceptors (Lipinski definition) is 1. The van der Waals surface area contributed by atoms with Gasteiger partial charge in [-0.05, 0) is 20.8 Å². The van der Waals surface area contributed by atoms with Crippen LogP contribution in [0.25, 0.3) is 0 Å². The van der Waals surface area contributed by atoms with E-state index < -0.39 is 5.97 Å². The van der Waals surface area contributed by atoms with Crippen molar-refractivity contribution in [1.29, 1.82) is 0 Å². The second-order valence-corrected chi connectivity index (χ2v) is 2.80. The Labute approximate surface area is 87.0 Å². The van der Waals surface area contributed by atoms with E-state index in [0.29, 0.717) is 0 Å². The number of allylic oxidation sites excluding steroid dienone is 3. The first kappa shape index (κ1) is 18.3. The molecule has 0 aliphatic carbocycles. The summed E-state index contributed by atoms with van der Waals surface area (Å²) >= 11 is 0. The predicted molar refractivity (Wildman–Crippen MR) is 63.3 cm³/mol. The van der Waals surface area contributed by atoms with Crippen LogP contribution in [-0.4, -0.2) is 11.1 Å². The summed E-state index contributed by atoms with van der Waals surface area (Å²) in [4.78, 5) is 9.25. The molecule has 0 aliphatic heterocycles. The molecule has 0 aromatic heterocycles. The highest BCUT2D eigenvalue weighted by Gasteiger charge is 1.73. The molecule has 0 saturated heterocycles. The highest BCUT2D eigenvalue weighted by atomic mass is 16.4. The molecule has 0 aromatic carbocycles. The lowest BCUT2D eigenvalue weighted by atomic mass is 10.4. The van der Waals surface area contributed by atoms with Crippen LogP contribution in [0.3, 0.4) is 0 Å². The van der Waals surface area contributed by atoms with Crippen molar-refractivity contribution in [2.45, 2.75) is 20.8 Å². The minimum atomic E-state index is -0.981. The lowest BCUT2D eigenvalue weighted by Crippen LogP contribution is -1.82. The van der Waals surface area contributed by atoms with Gasteiger partial charge in [-0.15, -0.1) is 6.58 Å². The van der Waals surface area contributed by atoms with Crippen molar-refractivity contribution in [2.24, 2.45) is 0 Å². The Hall–Kier alpha value is -1.57. The SMILES string of the molecule is C=C(C)C.C=CC(=C)C.C=CC(=O)O. The van der Waals surface area contributed by atoms with E-state index in [1.807, 2.05) is 20.8 Å². The summed E-state index contributed by atoms with van der Waals surface area (Å²) in [5.74, 6) is -0.981. The summed E-state index contributed by atoms with van der Waals surface area (Å²) in [6, 6.07) is 0. The van der Waals surface area contributed by atoms with Crippen LogP contribution in [0.4, 0.5) is 0 Å². The van der Waals surface area contributed by atoms with Gasteiger partial charge in [0.05, 0.1) is 0 Å². The van der Waals surface area contributed by atoms with E-state index in [1.165, 1.54) is 5.57 Å². The Balaban J connectivity index is -0.000000131. The lowest BCUT2D eigenvalue weighted by molar-refractivity contribution is -0.131. The monoisotopic (exact) mass is 196 g/mol. The first-order valence-electron chi connectivity index (χ1n) is 4.03. The zero-order valence-corrected chi connectivity index (χ0v) is 9.34. The topological polar surface area (TPSA) is 37.3 Å². The molecule has 0 amide bonds. The molecule has 0 spiro atoms. The van der Waals surface area contributed by atoms with Gasteiger partial charge in [0.2, 0.25) is 0 Å². The Morgan fingerprint density at radius 3 is 1.21 bits per heavy atom. The maximum absolute atomic E-state index is 9.25. The number of aliphatic carboxylic acids is 1. The quantitative estimate of drug-likeness (QED) is 0.416. The molecule has 0 atom stereocenters. The molecular formula is C12H20O2. The lowest BCUT2D eigenvalue weighted by Gasteiger charge is -1.71. The molecule has 2 nitrogen and oxygen atoms in total. The van der Waals surface area contributed by atoms with E-state index in [4.69, 9.17) is 5.11 Å². The first-order chi connectivity index (χ1) is 6.27. The van der Waals surface area contributed by atoms with Crippen LogP contribution in [0.1, 0.15) is 20.8 Å². The van der Waals surface area contributed by atoms with Gasteiger partial charge in [-0.1, -0.05) is 37.0 Å². The van der Waals surface area contributed by atoms with E-state index in [2.05, 4.69) is 26.3 Å². The summed E-state index contributed by atoms with van der Waals surface area (Å²) in [5.41, 5.74) is 2.19. The fourth-order valence-electron chi connectivity index (χ4n) is 0. The molecule has 0 aliphatic rings. The third kappa shape index (κ3) is 157. The minimum absolute atomic E-state index is 0.833. The molecule has 0 unspecified atom stereocenters. The molecule has 0 heterocycles. The van der Waals surface area contributed by atoms with Crippen LogP contribution in [0.15, 0.2) is 49.6 Å². The van der Waals surface area contributed by atoms with Crippen LogP contribution in [0, 0.1) is 0 Å². The van der Waals surface area contributed by atoms with Crippen LogP contribution in [-0.2, 0) is 4.79 Å². The fraction of sp³-hybridized carbons (Fsp3) is 0.250. The largest absolute Gasteiger partial charge is 0.478 e. The molecule has 80 valence electrons. The van der Waals surface area contributed by atoms with E-state index in [0.717, 1.165) is 11.6 Å². The number of rotatable bonds is 2. The van der Waals surface area contributed by atoms with Gasteiger partial charge in [-0.3, -0.25) is 0 Å². The summed E-state index contributed by atoms with van der Waals surface area (Å²) in [7, 11) is 0. The molecule has 14 heavy (non-hydrogen) atoms. The number of carboxylic acids is 1. The third-order valence-corrected chi connectivity index (χ3v) is 0.523. The van der Waals surface area contributed by atoms with Crippen LogP contribution < -0.4 is 0 Å². The Bertz CT molecular complexity index is 190. The molecule has 0 bridgehead atoms. The van der Waals surface area contributed by atoms with Crippen molar-refractivity contribution in [3.05, 3.63) is 49.6 Å². The highest BCUT2D eigenvalue weighted by Crippen LogP contribution is 1.81. The molecule has 0 rings (SSSR count). The van der Waals surface area contributed by atoms with E-state index in [1.54, 1.807) is 6.08 Å². The van der Waals surface area contributed by atoms with Crippen molar-refractivity contribution >= 4 is 5.97 Å². The van der Waals surface area contributed by atoms with Crippen molar-refractivity contribution in [3.8, 4) is 0 Å². The van der Waals surface area contributed by atoms with E-state index in [-0.39, 0.29) is 0 Å². The average molecular weight is 196 g/mol. The second kappa shape index (κ2) is 14.0. The number of carbonyl (C=O) groups is 1. The van der Waals surface area contributed by atoms with Gasteiger partial charge in [0.15, 0.2) is 0 Å². The van der Waals surface area contributed by atoms with Crippen LogP contribution in [0.5, 0.6) is 0 Å². The van der Waals surface area contributed by atoms with Gasteiger partial charge in [0.1, 0.15) is 0 Å². The van der Waals surface area contributed by atoms with Crippen LogP contribution >= 0.6 is 0 Å². The highest BCUT2D eigenvalue weighted by molar-refractivity contribution is 5.78.